The van der Waals surface area contributed by atoms with Crippen molar-refractivity contribution >= 4 is 11.8 Å². The lowest BCUT2D eigenvalue weighted by atomic mass is 10.1. The average Bonchev–Trinajstić information content (AvgIpc) is 2.33. The summed E-state index contributed by atoms with van der Waals surface area (Å²) in [5.74, 6) is 0.794. The first-order valence-electron chi connectivity index (χ1n) is 6.10. The van der Waals surface area contributed by atoms with Crippen LogP contribution >= 0.6 is 11.8 Å². The van der Waals surface area contributed by atoms with Crippen molar-refractivity contribution in [1.82, 2.24) is 5.32 Å². The summed E-state index contributed by atoms with van der Waals surface area (Å²) in [5.41, 5.74) is 0.0149. The molecule has 0 aliphatic carbocycles. The number of aliphatic hydroxyl groups is 1. The Morgan fingerprint density at radius 2 is 1.89 bits per heavy atom. The minimum Gasteiger partial charge on any atom is -0.491 e. The molecule has 0 amide bonds. The number of β-amino-alcohol motifs (C(OH)–C–C–N with tert-alkyl or cyclic N) is 1. The summed E-state index contributed by atoms with van der Waals surface area (Å²) < 4.78 is 5.53. The summed E-state index contributed by atoms with van der Waals surface area (Å²) in [7, 11) is 0. The van der Waals surface area contributed by atoms with Crippen molar-refractivity contribution in [1.29, 1.82) is 0 Å². The lowest BCUT2D eigenvalue weighted by Crippen LogP contribution is -2.42. The maximum absolute atomic E-state index is 9.78. The Labute approximate surface area is 114 Å². The largest absolute Gasteiger partial charge is 0.491 e. The Hall–Kier alpha value is -0.710. The summed E-state index contributed by atoms with van der Waals surface area (Å²) in [6, 6.07) is 7.88. The SMILES string of the molecule is CSc1ccc(OCC(O)CNC(C)(C)C)cc1. The van der Waals surface area contributed by atoms with Gasteiger partial charge < -0.3 is 15.2 Å². The van der Waals surface area contributed by atoms with Crippen LogP contribution in [0.5, 0.6) is 5.75 Å². The van der Waals surface area contributed by atoms with E-state index >= 15 is 0 Å². The molecule has 1 unspecified atom stereocenters. The van der Waals surface area contributed by atoms with Crippen molar-refractivity contribution in [2.24, 2.45) is 0 Å². The zero-order chi connectivity index (χ0) is 13.6. The number of rotatable bonds is 6. The molecule has 102 valence electrons. The molecule has 18 heavy (non-hydrogen) atoms. The standard InChI is InChI=1S/C14H23NO2S/c1-14(2,3)15-9-11(16)10-17-12-5-7-13(18-4)8-6-12/h5-8,11,15-16H,9-10H2,1-4H3. The third-order valence-corrected chi connectivity index (χ3v) is 3.11. The van der Waals surface area contributed by atoms with Gasteiger partial charge in [0.05, 0.1) is 0 Å². The van der Waals surface area contributed by atoms with Crippen LogP contribution in [0.25, 0.3) is 0 Å². The molecule has 2 N–H and O–H groups in total. The maximum atomic E-state index is 9.78. The molecule has 1 rings (SSSR count). The van der Waals surface area contributed by atoms with E-state index in [1.807, 2.05) is 30.5 Å². The number of benzene rings is 1. The molecule has 0 aliphatic heterocycles. The number of ether oxygens (including phenoxy) is 1. The minimum absolute atomic E-state index is 0.0149. The fraction of sp³-hybridized carbons (Fsp3) is 0.571. The number of thioether (sulfide) groups is 1. The zero-order valence-corrected chi connectivity index (χ0v) is 12.4. The molecule has 1 aromatic carbocycles. The first-order chi connectivity index (χ1) is 8.40. The van der Waals surface area contributed by atoms with Crippen molar-refractivity contribution in [3.63, 3.8) is 0 Å². The van der Waals surface area contributed by atoms with Gasteiger partial charge in [0, 0.05) is 17.0 Å². The number of hydrogen-bond donors (Lipinski definition) is 2. The van der Waals surface area contributed by atoms with Crippen molar-refractivity contribution in [3.8, 4) is 5.75 Å². The van der Waals surface area contributed by atoms with Gasteiger partial charge in [-0.15, -0.1) is 11.8 Å². The zero-order valence-electron chi connectivity index (χ0n) is 11.6. The second-order valence-corrected chi connectivity index (χ2v) is 6.15. The third kappa shape index (κ3) is 6.28. The molecule has 0 bridgehead atoms. The minimum atomic E-state index is -0.496. The molecule has 0 radical (unpaired) electrons. The Morgan fingerprint density at radius 1 is 1.28 bits per heavy atom. The van der Waals surface area contributed by atoms with E-state index in [0.717, 1.165) is 5.75 Å². The van der Waals surface area contributed by atoms with E-state index in [9.17, 15) is 5.11 Å². The van der Waals surface area contributed by atoms with Gasteiger partial charge in [-0.3, -0.25) is 0 Å². The van der Waals surface area contributed by atoms with Gasteiger partial charge in [-0.25, -0.2) is 0 Å². The molecule has 1 aromatic rings. The van der Waals surface area contributed by atoms with Crippen molar-refractivity contribution in [3.05, 3.63) is 24.3 Å². The maximum Gasteiger partial charge on any atom is 0.119 e. The lowest BCUT2D eigenvalue weighted by molar-refractivity contribution is 0.100. The molecular weight excluding hydrogens is 246 g/mol. The fourth-order valence-electron chi connectivity index (χ4n) is 1.35. The molecule has 3 nitrogen and oxygen atoms in total. The number of aliphatic hydroxyl groups excluding tert-OH is 1. The highest BCUT2D eigenvalue weighted by Gasteiger charge is 2.12. The van der Waals surface area contributed by atoms with Crippen LogP contribution in [0.15, 0.2) is 29.2 Å². The van der Waals surface area contributed by atoms with Crippen LogP contribution in [-0.4, -0.2) is 36.2 Å². The molecule has 0 aromatic heterocycles. The van der Waals surface area contributed by atoms with Gasteiger partial charge in [-0.2, -0.15) is 0 Å². The van der Waals surface area contributed by atoms with E-state index in [0.29, 0.717) is 13.2 Å². The normalized spacial score (nSPS) is 13.4. The van der Waals surface area contributed by atoms with Crippen molar-refractivity contribution < 1.29 is 9.84 Å². The topological polar surface area (TPSA) is 41.5 Å². The molecule has 0 saturated carbocycles. The van der Waals surface area contributed by atoms with E-state index in [1.54, 1.807) is 11.8 Å². The van der Waals surface area contributed by atoms with Gasteiger partial charge in [0.1, 0.15) is 18.5 Å². The van der Waals surface area contributed by atoms with Crippen LogP contribution < -0.4 is 10.1 Å². The highest BCUT2D eigenvalue weighted by molar-refractivity contribution is 7.98. The molecule has 4 heteroatoms. The van der Waals surface area contributed by atoms with Gasteiger partial charge in [-0.05, 0) is 51.3 Å². The first-order valence-corrected chi connectivity index (χ1v) is 7.33. The summed E-state index contributed by atoms with van der Waals surface area (Å²) in [4.78, 5) is 1.21. The van der Waals surface area contributed by atoms with E-state index in [4.69, 9.17) is 4.74 Å². The Morgan fingerprint density at radius 3 is 2.39 bits per heavy atom. The van der Waals surface area contributed by atoms with E-state index in [2.05, 4.69) is 26.1 Å². The predicted molar refractivity (Wildman–Crippen MR) is 77.5 cm³/mol. The molecule has 0 spiro atoms. The molecule has 1 atom stereocenters. The van der Waals surface area contributed by atoms with Gasteiger partial charge in [0.15, 0.2) is 0 Å². The van der Waals surface area contributed by atoms with Crippen LogP contribution in [0, 0.1) is 0 Å². The second-order valence-electron chi connectivity index (χ2n) is 5.27. The monoisotopic (exact) mass is 269 g/mol. The van der Waals surface area contributed by atoms with Crippen molar-refractivity contribution in [2.45, 2.75) is 37.3 Å². The van der Waals surface area contributed by atoms with E-state index in [-0.39, 0.29) is 5.54 Å². The van der Waals surface area contributed by atoms with Crippen LogP contribution in [0.2, 0.25) is 0 Å². The van der Waals surface area contributed by atoms with E-state index in [1.165, 1.54) is 4.90 Å². The molecule has 0 saturated heterocycles. The van der Waals surface area contributed by atoms with Gasteiger partial charge in [-0.1, -0.05) is 0 Å². The lowest BCUT2D eigenvalue weighted by Gasteiger charge is -2.22. The Balaban J connectivity index is 2.31. The average molecular weight is 269 g/mol. The van der Waals surface area contributed by atoms with Crippen LogP contribution in [0.4, 0.5) is 0 Å². The predicted octanol–water partition coefficient (Wildman–Crippen LogP) is 2.54. The van der Waals surface area contributed by atoms with Gasteiger partial charge >= 0.3 is 0 Å². The molecule has 0 aliphatic rings. The molecule has 0 heterocycles. The summed E-state index contributed by atoms with van der Waals surface area (Å²) >= 11 is 1.70. The summed E-state index contributed by atoms with van der Waals surface area (Å²) in [5, 5.41) is 13.0. The molecular formula is C14H23NO2S. The highest BCUT2D eigenvalue weighted by atomic mass is 32.2. The number of nitrogens with one attached hydrogen (secondary N) is 1. The number of hydrogen-bond acceptors (Lipinski definition) is 4. The van der Waals surface area contributed by atoms with Gasteiger partial charge in [0.2, 0.25) is 0 Å². The van der Waals surface area contributed by atoms with Gasteiger partial charge in [0.25, 0.3) is 0 Å². The summed E-state index contributed by atoms with van der Waals surface area (Å²) in [6.45, 7) is 7.05. The van der Waals surface area contributed by atoms with Crippen LogP contribution in [0.1, 0.15) is 20.8 Å². The van der Waals surface area contributed by atoms with E-state index < -0.39 is 6.10 Å². The summed E-state index contributed by atoms with van der Waals surface area (Å²) in [6.07, 6.45) is 1.54. The Kier molecular flexibility index (Phi) is 5.99. The second kappa shape index (κ2) is 7.02. The smallest absolute Gasteiger partial charge is 0.119 e. The third-order valence-electron chi connectivity index (χ3n) is 2.37. The van der Waals surface area contributed by atoms with Crippen molar-refractivity contribution in [2.75, 3.05) is 19.4 Å². The van der Waals surface area contributed by atoms with Crippen LogP contribution in [0.3, 0.4) is 0 Å². The van der Waals surface area contributed by atoms with Crippen LogP contribution in [-0.2, 0) is 0 Å². The highest BCUT2D eigenvalue weighted by Crippen LogP contribution is 2.18. The first kappa shape index (κ1) is 15.3. The fourth-order valence-corrected chi connectivity index (χ4v) is 1.76. The Bertz CT molecular complexity index is 346. The molecule has 0 fully saturated rings. The quantitative estimate of drug-likeness (QED) is 0.779.